The maximum Gasteiger partial charge on any atom is 0.259 e. The van der Waals surface area contributed by atoms with Crippen molar-refractivity contribution in [2.45, 2.75) is 24.7 Å². The van der Waals surface area contributed by atoms with Gasteiger partial charge in [-0.3, -0.25) is 9.59 Å². The predicted octanol–water partition coefficient (Wildman–Crippen LogP) is 1.72. The Kier molecular flexibility index (Phi) is 6.78. The van der Waals surface area contributed by atoms with Crippen LogP contribution >= 0.6 is 11.3 Å². The Morgan fingerprint density at radius 2 is 1.86 bits per heavy atom. The summed E-state index contributed by atoms with van der Waals surface area (Å²) in [4.78, 5) is 25.1. The molecule has 1 aliphatic heterocycles. The van der Waals surface area contributed by atoms with Gasteiger partial charge in [0, 0.05) is 23.5 Å². The van der Waals surface area contributed by atoms with Gasteiger partial charge in [-0.05, 0) is 61.0 Å². The lowest BCUT2D eigenvalue weighted by Crippen LogP contribution is -2.35. The van der Waals surface area contributed by atoms with Gasteiger partial charge in [0.1, 0.15) is 0 Å². The van der Waals surface area contributed by atoms with Crippen molar-refractivity contribution >= 4 is 39.4 Å². The highest BCUT2D eigenvalue weighted by atomic mass is 32.2. The fourth-order valence-corrected chi connectivity index (χ4v) is 5.14. The number of nitrogens with one attached hydrogen (secondary N) is 2. The molecule has 0 saturated carbocycles. The number of aryl methyl sites for hydroxylation is 1. The van der Waals surface area contributed by atoms with Crippen molar-refractivity contribution in [3.8, 4) is 0 Å². The number of rotatable bonds is 7. The molecule has 0 unspecified atom stereocenters. The Morgan fingerprint density at radius 1 is 1.17 bits per heavy atom. The summed E-state index contributed by atoms with van der Waals surface area (Å²) in [6.45, 7) is 2.75. The molecule has 1 fully saturated rings. The number of nitrogens with zero attached hydrogens (tertiary/aromatic N) is 2. The summed E-state index contributed by atoms with van der Waals surface area (Å²) >= 11 is 1.51. The van der Waals surface area contributed by atoms with Crippen LogP contribution in [0.2, 0.25) is 0 Å². The molecule has 2 aromatic rings. The Bertz CT molecular complexity index is 1010. The van der Waals surface area contributed by atoms with Gasteiger partial charge in [0.05, 0.1) is 17.7 Å². The highest BCUT2D eigenvalue weighted by molar-refractivity contribution is 7.89. The summed E-state index contributed by atoms with van der Waals surface area (Å²) in [7, 11) is -3.52. The second-order valence-electron chi connectivity index (χ2n) is 6.58. The van der Waals surface area contributed by atoms with Crippen molar-refractivity contribution in [1.82, 2.24) is 15.0 Å². The van der Waals surface area contributed by atoms with Gasteiger partial charge in [0.15, 0.2) is 0 Å². The lowest BCUT2D eigenvalue weighted by Gasteiger charge is -2.15. The molecule has 29 heavy (non-hydrogen) atoms. The van der Waals surface area contributed by atoms with E-state index in [1.54, 1.807) is 6.21 Å². The third-order valence-electron chi connectivity index (χ3n) is 4.50. The van der Waals surface area contributed by atoms with Crippen LogP contribution in [0.25, 0.3) is 0 Å². The zero-order valence-electron chi connectivity index (χ0n) is 15.9. The molecular weight excluding hydrogens is 412 g/mol. The van der Waals surface area contributed by atoms with Crippen LogP contribution in [-0.4, -0.2) is 50.4 Å². The molecule has 0 radical (unpaired) electrons. The van der Waals surface area contributed by atoms with Gasteiger partial charge < -0.3 is 5.32 Å². The Labute approximate surface area is 173 Å². The SMILES string of the molecule is Cc1ccsc1/C=N/NC(=O)CNC(=O)c1ccc(S(=O)(=O)N2CCCC2)cc1. The molecule has 2 heterocycles. The minimum absolute atomic E-state index is 0.159. The van der Waals surface area contributed by atoms with E-state index in [1.165, 1.54) is 39.9 Å². The smallest absolute Gasteiger partial charge is 0.259 e. The van der Waals surface area contributed by atoms with Crippen LogP contribution in [-0.2, 0) is 14.8 Å². The minimum atomic E-state index is -3.52. The van der Waals surface area contributed by atoms with E-state index in [-0.39, 0.29) is 17.0 Å². The number of thiophene rings is 1. The van der Waals surface area contributed by atoms with Crippen LogP contribution in [0.3, 0.4) is 0 Å². The van der Waals surface area contributed by atoms with Crippen LogP contribution in [0.15, 0.2) is 45.7 Å². The fraction of sp³-hybridized carbons (Fsp3) is 0.316. The Balaban J connectivity index is 1.51. The van der Waals surface area contributed by atoms with Gasteiger partial charge in [-0.15, -0.1) is 11.3 Å². The van der Waals surface area contributed by atoms with Crippen LogP contribution in [0.5, 0.6) is 0 Å². The Hall–Kier alpha value is -2.56. The quantitative estimate of drug-likeness (QED) is 0.511. The van der Waals surface area contributed by atoms with Gasteiger partial charge >= 0.3 is 0 Å². The summed E-state index contributed by atoms with van der Waals surface area (Å²) in [5.41, 5.74) is 3.69. The lowest BCUT2D eigenvalue weighted by molar-refractivity contribution is -0.120. The summed E-state index contributed by atoms with van der Waals surface area (Å²) in [5.74, 6) is -0.930. The summed E-state index contributed by atoms with van der Waals surface area (Å²) in [6.07, 6.45) is 3.27. The van der Waals surface area contributed by atoms with Crippen LogP contribution in [0, 0.1) is 6.92 Å². The number of carbonyl (C=O) groups is 2. The maximum atomic E-state index is 12.5. The molecule has 0 atom stereocenters. The third kappa shape index (κ3) is 5.28. The summed E-state index contributed by atoms with van der Waals surface area (Å²) < 4.78 is 26.4. The van der Waals surface area contributed by atoms with Crippen molar-refractivity contribution in [3.63, 3.8) is 0 Å². The molecule has 1 aromatic carbocycles. The molecule has 2 N–H and O–H groups in total. The molecule has 0 aliphatic carbocycles. The van der Waals surface area contributed by atoms with Crippen molar-refractivity contribution in [1.29, 1.82) is 0 Å². The number of hydrazone groups is 1. The van der Waals surface area contributed by atoms with Crippen molar-refractivity contribution in [2.75, 3.05) is 19.6 Å². The number of amides is 2. The molecule has 1 aliphatic rings. The molecule has 1 saturated heterocycles. The minimum Gasteiger partial charge on any atom is -0.343 e. The normalized spacial score (nSPS) is 14.9. The molecule has 2 amide bonds. The molecule has 1 aromatic heterocycles. The van der Waals surface area contributed by atoms with E-state index < -0.39 is 21.8 Å². The van der Waals surface area contributed by atoms with Gasteiger partial charge in [-0.1, -0.05) is 0 Å². The Morgan fingerprint density at radius 3 is 2.48 bits per heavy atom. The van der Waals surface area contributed by atoms with Gasteiger partial charge in [0.2, 0.25) is 10.0 Å². The highest BCUT2D eigenvalue weighted by Crippen LogP contribution is 2.21. The van der Waals surface area contributed by atoms with Crippen molar-refractivity contribution < 1.29 is 18.0 Å². The monoisotopic (exact) mass is 434 g/mol. The predicted molar refractivity (Wildman–Crippen MR) is 112 cm³/mol. The van der Waals surface area contributed by atoms with Crippen molar-refractivity contribution in [2.24, 2.45) is 5.10 Å². The topological polar surface area (TPSA) is 108 Å². The third-order valence-corrected chi connectivity index (χ3v) is 7.37. The number of hydrogen-bond acceptors (Lipinski definition) is 6. The van der Waals surface area contributed by atoms with Crippen molar-refractivity contribution in [3.05, 3.63) is 51.7 Å². The second kappa shape index (κ2) is 9.29. The number of hydrogen-bond donors (Lipinski definition) is 2. The number of benzene rings is 1. The van der Waals surface area contributed by atoms with Crippen LogP contribution in [0.4, 0.5) is 0 Å². The van der Waals surface area contributed by atoms with E-state index in [2.05, 4.69) is 15.8 Å². The zero-order chi connectivity index (χ0) is 20.9. The first-order chi connectivity index (χ1) is 13.9. The maximum absolute atomic E-state index is 12.5. The second-order valence-corrected chi connectivity index (χ2v) is 9.46. The van der Waals surface area contributed by atoms with Gasteiger partial charge in [-0.2, -0.15) is 9.41 Å². The molecule has 3 rings (SSSR count). The van der Waals surface area contributed by atoms with Crippen LogP contribution in [0.1, 0.15) is 33.6 Å². The highest BCUT2D eigenvalue weighted by Gasteiger charge is 2.27. The first-order valence-electron chi connectivity index (χ1n) is 9.12. The first-order valence-corrected chi connectivity index (χ1v) is 11.4. The van der Waals surface area contributed by atoms with E-state index in [0.29, 0.717) is 13.1 Å². The average molecular weight is 435 g/mol. The van der Waals surface area contributed by atoms with E-state index in [4.69, 9.17) is 0 Å². The zero-order valence-corrected chi connectivity index (χ0v) is 17.6. The largest absolute Gasteiger partial charge is 0.343 e. The first kappa shape index (κ1) is 21.2. The fourth-order valence-electron chi connectivity index (χ4n) is 2.84. The summed E-state index contributed by atoms with van der Waals surface area (Å²) in [6, 6.07) is 7.66. The molecule has 8 nitrogen and oxygen atoms in total. The number of sulfonamides is 1. The lowest BCUT2D eigenvalue weighted by atomic mass is 10.2. The number of carbonyl (C=O) groups excluding carboxylic acids is 2. The van der Waals surface area contributed by atoms with E-state index in [1.807, 2.05) is 18.4 Å². The molecule has 10 heteroatoms. The molecule has 0 spiro atoms. The van der Waals surface area contributed by atoms with E-state index >= 15 is 0 Å². The van der Waals surface area contributed by atoms with Crippen LogP contribution < -0.4 is 10.7 Å². The van der Waals surface area contributed by atoms with E-state index in [0.717, 1.165) is 23.3 Å². The standard InChI is InChI=1S/C19H22N4O4S2/c1-14-8-11-28-17(14)12-21-22-18(24)13-20-19(25)15-4-6-16(7-5-15)29(26,27)23-9-2-3-10-23/h4-8,11-12H,2-3,9-10,13H2,1H3,(H,20,25)(H,22,24)/b21-12+. The van der Waals surface area contributed by atoms with E-state index in [9.17, 15) is 18.0 Å². The van der Waals surface area contributed by atoms with Gasteiger partial charge in [-0.25, -0.2) is 13.8 Å². The summed E-state index contributed by atoms with van der Waals surface area (Å²) in [5, 5.41) is 8.28. The molecule has 154 valence electrons. The molecule has 0 bridgehead atoms. The average Bonchev–Trinajstić information content (AvgIpc) is 3.39. The molecular formula is C19H22N4O4S2. The van der Waals surface area contributed by atoms with Gasteiger partial charge in [0.25, 0.3) is 11.8 Å².